The van der Waals surface area contributed by atoms with E-state index in [4.69, 9.17) is 9.47 Å². The minimum Gasteiger partial charge on any atom is -0.379 e. The molecule has 0 saturated carbocycles. The highest BCUT2D eigenvalue weighted by atomic mass is 19.2. The first-order chi connectivity index (χ1) is 12.1. The summed E-state index contributed by atoms with van der Waals surface area (Å²) in [6, 6.07) is 12.8. The quantitative estimate of drug-likeness (QED) is 0.904. The van der Waals surface area contributed by atoms with Crippen LogP contribution in [-0.2, 0) is 16.1 Å². The first-order valence-corrected chi connectivity index (χ1v) is 8.13. The molecular weight excluding hydrogens is 328 g/mol. The summed E-state index contributed by atoms with van der Waals surface area (Å²) in [6.45, 7) is 1.20. The van der Waals surface area contributed by atoms with E-state index in [1.54, 1.807) is 0 Å². The molecule has 1 N–H and O–H groups in total. The molecule has 1 aliphatic heterocycles. The van der Waals surface area contributed by atoms with Crippen molar-refractivity contribution in [3.63, 3.8) is 0 Å². The molecule has 0 aliphatic carbocycles. The van der Waals surface area contributed by atoms with Crippen molar-refractivity contribution in [3.8, 4) is 0 Å². The lowest BCUT2D eigenvalue weighted by Gasteiger charge is -2.32. The molecule has 2 aromatic rings. The Morgan fingerprint density at radius 2 is 1.96 bits per heavy atom. The van der Waals surface area contributed by atoms with Gasteiger partial charge in [0, 0.05) is 6.61 Å². The smallest absolute Gasteiger partial charge is 0.254 e. The zero-order valence-electron chi connectivity index (χ0n) is 13.6. The maximum atomic E-state index is 13.8. The minimum atomic E-state index is -1.15. The molecule has 1 aliphatic rings. The molecule has 1 saturated heterocycles. The fourth-order valence-corrected chi connectivity index (χ4v) is 2.76. The first-order valence-electron chi connectivity index (χ1n) is 8.13. The molecule has 4 nitrogen and oxygen atoms in total. The first kappa shape index (κ1) is 17.5. The number of rotatable bonds is 5. The highest BCUT2D eigenvalue weighted by molar-refractivity contribution is 5.94. The van der Waals surface area contributed by atoms with Gasteiger partial charge in [0.05, 0.1) is 30.9 Å². The van der Waals surface area contributed by atoms with Crippen molar-refractivity contribution in [2.75, 3.05) is 13.2 Å². The topological polar surface area (TPSA) is 47.6 Å². The van der Waals surface area contributed by atoms with Crippen molar-refractivity contribution < 1.29 is 23.0 Å². The summed E-state index contributed by atoms with van der Waals surface area (Å²) in [5, 5.41) is 2.69. The van der Waals surface area contributed by atoms with Gasteiger partial charge in [-0.15, -0.1) is 0 Å². The summed E-state index contributed by atoms with van der Waals surface area (Å²) in [5.41, 5.74) is 0.697. The number of halogens is 2. The van der Waals surface area contributed by atoms with Gasteiger partial charge in [0.15, 0.2) is 11.6 Å². The number of carbonyl (C=O) groups is 1. The molecule has 3 rings (SSSR count). The molecule has 132 valence electrons. The molecule has 25 heavy (non-hydrogen) atoms. The van der Waals surface area contributed by atoms with E-state index in [1.165, 1.54) is 12.1 Å². The van der Waals surface area contributed by atoms with Crippen LogP contribution in [0.1, 0.15) is 22.3 Å². The molecule has 0 radical (unpaired) electrons. The highest BCUT2D eigenvalue weighted by Gasteiger charge is 2.29. The summed E-state index contributed by atoms with van der Waals surface area (Å²) >= 11 is 0. The molecule has 1 amide bonds. The summed E-state index contributed by atoms with van der Waals surface area (Å²) in [5.74, 6) is -2.89. The van der Waals surface area contributed by atoms with Crippen molar-refractivity contribution in [1.82, 2.24) is 5.32 Å². The van der Waals surface area contributed by atoms with Crippen molar-refractivity contribution in [2.24, 2.45) is 0 Å². The Morgan fingerprint density at radius 1 is 1.16 bits per heavy atom. The van der Waals surface area contributed by atoms with Crippen molar-refractivity contribution in [3.05, 3.63) is 71.3 Å². The Bertz CT molecular complexity index is 724. The number of ether oxygens (including phenoxy) is 2. The maximum absolute atomic E-state index is 13.8. The van der Waals surface area contributed by atoms with Crippen molar-refractivity contribution in [1.29, 1.82) is 0 Å². The number of carbonyl (C=O) groups excluding carboxylic acids is 1. The average molecular weight is 347 g/mol. The van der Waals surface area contributed by atoms with Crippen LogP contribution < -0.4 is 5.32 Å². The molecule has 0 unspecified atom stereocenters. The summed E-state index contributed by atoms with van der Waals surface area (Å²) in [6.07, 6.45) is 0.359. The van der Waals surface area contributed by atoms with Crippen LogP contribution in [0.5, 0.6) is 0 Å². The Labute approximate surface area is 144 Å². The lowest BCUT2D eigenvalue weighted by molar-refractivity contribution is -0.0605. The Hall–Kier alpha value is -2.31. The predicted octanol–water partition coefficient (Wildman–Crippen LogP) is 3.07. The molecule has 0 spiro atoms. The third-order valence-electron chi connectivity index (χ3n) is 4.11. The van der Waals surface area contributed by atoms with Gasteiger partial charge < -0.3 is 14.8 Å². The highest BCUT2D eigenvalue weighted by Crippen LogP contribution is 2.17. The molecule has 0 bridgehead atoms. The number of hydrogen-bond acceptors (Lipinski definition) is 3. The van der Waals surface area contributed by atoms with Crippen LogP contribution >= 0.6 is 0 Å². The SMILES string of the molecule is O=C(N[C@@H]1COCC[C@@H]1OCc1ccccc1)c1cccc(F)c1F. The largest absolute Gasteiger partial charge is 0.379 e. The molecular formula is C19H19F2NO3. The monoisotopic (exact) mass is 347 g/mol. The van der Waals surface area contributed by atoms with Crippen LogP contribution in [0, 0.1) is 11.6 Å². The Balaban J connectivity index is 1.64. The van der Waals surface area contributed by atoms with Crippen LogP contribution in [0.25, 0.3) is 0 Å². The third kappa shape index (κ3) is 4.41. The fourth-order valence-electron chi connectivity index (χ4n) is 2.76. The summed E-state index contributed by atoms with van der Waals surface area (Å²) < 4.78 is 38.4. The van der Waals surface area contributed by atoms with Gasteiger partial charge in [0.25, 0.3) is 5.91 Å². The second kappa shape index (κ2) is 8.18. The van der Waals surface area contributed by atoms with Gasteiger partial charge in [-0.25, -0.2) is 8.78 Å². The van der Waals surface area contributed by atoms with Gasteiger partial charge in [-0.1, -0.05) is 36.4 Å². The summed E-state index contributed by atoms with van der Waals surface area (Å²) in [4.78, 5) is 12.3. The van der Waals surface area contributed by atoms with Crippen LogP contribution in [0.2, 0.25) is 0 Å². The minimum absolute atomic E-state index is 0.255. The van der Waals surface area contributed by atoms with E-state index < -0.39 is 23.6 Å². The molecule has 0 aromatic heterocycles. The van der Waals surface area contributed by atoms with E-state index in [-0.39, 0.29) is 18.3 Å². The van der Waals surface area contributed by atoms with Crippen LogP contribution in [0.3, 0.4) is 0 Å². The van der Waals surface area contributed by atoms with E-state index in [9.17, 15) is 13.6 Å². The van der Waals surface area contributed by atoms with E-state index in [1.807, 2.05) is 30.3 Å². The van der Waals surface area contributed by atoms with Crippen molar-refractivity contribution >= 4 is 5.91 Å². The molecule has 2 atom stereocenters. The lowest BCUT2D eigenvalue weighted by atomic mass is 10.1. The van der Waals surface area contributed by atoms with Gasteiger partial charge in [0.2, 0.25) is 0 Å². The van der Waals surface area contributed by atoms with Crippen LogP contribution in [0.4, 0.5) is 8.78 Å². The average Bonchev–Trinajstić information content (AvgIpc) is 2.64. The second-order valence-corrected chi connectivity index (χ2v) is 5.88. The van der Waals surface area contributed by atoms with E-state index in [2.05, 4.69) is 5.32 Å². The number of hydrogen-bond donors (Lipinski definition) is 1. The predicted molar refractivity (Wildman–Crippen MR) is 88.1 cm³/mol. The molecule has 1 heterocycles. The van der Waals surface area contributed by atoms with Crippen LogP contribution in [-0.4, -0.2) is 31.3 Å². The number of amides is 1. The van der Waals surface area contributed by atoms with Gasteiger partial charge in [0.1, 0.15) is 0 Å². The third-order valence-corrected chi connectivity index (χ3v) is 4.11. The molecule has 6 heteroatoms. The normalized spacial score (nSPS) is 20.2. The van der Waals surface area contributed by atoms with Crippen molar-refractivity contribution in [2.45, 2.75) is 25.2 Å². The van der Waals surface area contributed by atoms with E-state index in [0.29, 0.717) is 19.6 Å². The fraction of sp³-hybridized carbons (Fsp3) is 0.316. The summed E-state index contributed by atoms with van der Waals surface area (Å²) in [7, 11) is 0. The van der Waals surface area contributed by atoms with E-state index >= 15 is 0 Å². The Morgan fingerprint density at radius 3 is 2.76 bits per heavy atom. The van der Waals surface area contributed by atoms with Gasteiger partial charge >= 0.3 is 0 Å². The Kier molecular flexibility index (Phi) is 5.73. The van der Waals surface area contributed by atoms with Gasteiger partial charge in [-0.05, 0) is 24.1 Å². The standard InChI is InChI=1S/C19H19F2NO3/c20-15-8-4-7-14(18(15)21)19(23)22-16-12-24-10-9-17(16)25-11-13-5-2-1-3-6-13/h1-8,16-17H,9-12H2,(H,22,23)/t16-,17+/m1/s1. The van der Waals surface area contributed by atoms with E-state index in [0.717, 1.165) is 11.6 Å². The lowest BCUT2D eigenvalue weighted by Crippen LogP contribution is -2.50. The van der Waals surface area contributed by atoms with Gasteiger partial charge in [-0.2, -0.15) is 0 Å². The molecule has 2 aromatic carbocycles. The molecule has 1 fully saturated rings. The number of nitrogens with one attached hydrogen (secondary N) is 1. The zero-order valence-corrected chi connectivity index (χ0v) is 13.6. The number of benzene rings is 2. The maximum Gasteiger partial charge on any atom is 0.254 e. The van der Waals surface area contributed by atoms with Crippen LogP contribution in [0.15, 0.2) is 48.5 Å². The second-order valence-electron chi connectivity index (χ2n) is 5.88. The van der Waals surface area contributed by atoms with Gasteiger partial charge in [-0.3, -0.25) is 4.79 Å². The zero-order chi connectivity index (χ0) is 17.6.